The van der Waals surface area contributed by atoms with Crippen LogP contribution in [0.15, 0.2) is 24.7 Å². The van der Waals surface area contributed by atoms with Crippen molar-refractivity contribution in [2.75, 3.05) is 6.61 Å². The Morgan fingerprint density at radius 2 is 2.27 bits per heavy atom. The molecule has 0 aliphatic carbocycles. The van der Waals surface area contributed by atoms with Gasteiger partial charge in [-0.3, -0.25) is 4.79 Å². The maximum atomic E-state index is 10.4. The summed E-state index contributed by atoms with van der Waals surface area (Å²) < 4.78 is 9.60. The molecule has 0 aromatic rings. The van der Waals surface area contributed by atoms with Gasteiger partial charge in [0, 0.05) is 13.0 Å². The van der Waals surface area contributed by atoms with Gasteiger partial charge in [0.05, 0.1) is 6.61 Å². The highest BCUT2D eigenvalue weighted by molar-refractivity contribution is 5.67. The second kappa shape index (κ2) is 5.53. The lowest BCUT2D eigenvalue weighted by Gasteiger charge is -2.05. The van der Waals surface area contributed by atoms with E-state index in [1.54, 1.807) is 6.92 Å². The van der Waals surface area contributed by atoms with Crippen LogP contribution >= 0.6 is 0 Å². The number of ether oxygens (including phenoxy) is 2. The minimum atomic E-state index is -0.397. The van der Waals surface area contributed by atoms with E-state index >= 15 is 0 Å². The molecule has 11 heavy (non-hydrogen) atoms. The van der Waals surface area contributed by atoms with Crippen molar-refractivity contribution in [2.24, 2.45) is 0 Å². The van der Waals surface area contributed by atoms with Gasteiger partial charge in [0.1, 0.15) is 0 Å². The van der Waals surface area contributed by atoms with Crippen LogP contribution in [0, 0.1) is 0 Å². The quantitative estimate of drug-likeness (QED) is 0.352. The van der Waals surface area contributed by atoms with Crippen LogP contribution in [-0.2, 0) is 14.3 Å². The molecule has 0 aliphatic heterocycles. The summed E-state index contributed by atoms with van der Waals surface area (Å²) in [4.78, 5) is 10.4. The molecule has 0 unspecified atom stereocenters. The minimum Gasteiger partial charge on any atom is -0.465 e. The Balaban J connectivity index is 3.99. The zero-order chi connectivity index (χ0) is 8.69. The van der Waals surface area contributed by atoms with E-state index in [2.05, 4.69) is 11.3 Å². The fourth-order valence-corrected chi connectivity index (χ4v) is 0.492. The summed E-state index contributed by atoms with van der Waals surface area (Å²) in [6.07, 6.45) is 2.98. The van der Waals surface area contributed by atoms with Gasteiger partial charge >= 0.3 is 5.97 Å². The van der Waals surface area contributed by atoms with Crippen molar-refractivity contribution in [1.29, 1.82) is 0 Å². The van der Waals surface area contributed by atoms with Crippen molar-refractivity contribution in [3.63, 3.8) is 0 Å². The second-order valence-corrected chi connectivity index (χ2v) is 1.75. The Morgan fingerprint density at radius 1 is 1.64 bits per heavy atom. The molecule has 0 radical (unpaired) electrons. The van der Waals surface area contributed by atoms with Gasteiger partial charge in [-0.1, -0.05) is 12.7 Å². The highest BCUT2D eigenvalue weighted by Gasteiger charge is 1.99. The molecule has 0 aliphatic rings. The van der Waals surface area contributed by atoms with Gasteiger partial charge in [-0.25, -0.2) is 0 Å². The molecule has 0 fully saturated rings. The summed E-state index contributed by atoms with van der Waals surface area (Å²) in [5.41, 5.74) is 0. The molecular weight excluding hydrogens is 144 g/mol. The summed E-state index contributed by atoms with van der Waals surface area (Å²) in [5.74, 6) is -0.207. The van der Waals surface area contributed by atoms with Crippen LogP contribution in [0.25, 0.3) is 0 Å². The van der Waals surface area contributed by atoms with Crippen molar-refractivity contribution < 1.29 is 14.3 Å². The highest BCUT2D eigenvalue weighted by atomic mass is 16.7. The number of rotatable bonds is 4. The van der Waals surface area contributed by atoms with Gasteiger partial charge < -0.3 is 9.47 Å². The number of esters is 1. The van der Waals surface area contributed by atoms with Crippen molar-refractivity contribution in [3.8, 4) is 0 Å². The smallest absolute Gasteiger partial charge is 0.310 e. The first-order chi connectivity index (χ1) is 5.20. The van der Waals surface area contributed by atoms with Crippen LogP contribution in [0.1, 0.15) is 13.8 Å². The van der Waals surface area contributed by atoms with Crippen LogP contribution < -0.4 is 0 Å². The van der Waals surface area contributed by atoms with Crippen molar-refractivity contribution in [1.82, 2.24) is 0 Å². The predicted molar refractivity (Wildman–Crippen MR) is 41.7 cm³/mol. The molecule has 62 valence electrons. The average Bonchev–Trinajstić information content (AvgIpc) is 1.87. The third-order valence-corrected chi connectivity index (χ3v) is 0.785. The van der Waals surface area contributed by atoms with E-state index in [0.717, 1.165) is 0 Å². The summed E-state index contributed by atoms with van der Waals surface area (Å²) in [7, 11) is 0. The third-order valence-electron chi connectivity index (χ3n) is 0.785. The molecule has 0 heterocycles. The largest absolute Gasteiger partial charge is 0.465 e. The van der Waals surface area contributed by atoms with E-state index in [-0.39, 0.29) is 5.95 Å². The molecule has 3 nitrogen and oxygen atoms in total. The maximum absolute atomic E-state index is 10.4. The fraction of sp³-hybridized carbons (Fsp3) is 0.375. The first-order valence-electron chi connectivity index (χ1n) is 3.34. The first-order valence-corrected chi connectivity index (χ1v) is 3.34. The van der Waals surface area contributed by atoms with Gasteiger partial charge in [0.2, 0.25) is 0 Å². The first kappa shape index (κ1) is 9.75. The molecule has 0 saturated heterocycles. The Morgan fingerprint density at radius 3 is 2.64 bits per heavy atom. The third kappa shape index (κ3) is 5.21. The summed E-state index contributed by atoms with van der Waals surface area (Å²) in [6.45, 7) is 7.03. The van der Waals surface area contributed by atoms with Crippen LogP contribution in [0.4, 0.5) is 0 Å². The summed E-state index contributed by atoms with van der Waals surface area (Å²) >= 11 is 0. The lowest BCUT2D eigenvalue weighted by Crippen LogP contribution is -2.02. The van der Waals surface area contributed by atoms with Gasteiger partial charge in [0.15, 0.2) is 0 Å². The topological polar surface area (TPSA) is 35.5 Å². The van der Waals surface area contributed by atoms with Crippen LogP contribution in [-0.4, -0.2) is 12.6 Å². The molecule has 0 saturated carbocycles. The van der Waals surface area contributed by atoms with E-state index in [1.165, 1.54) is 19.1 Å². The van der Waals surface area contributed by atoms with Crippen molar-refractivity contribution in [2.45, 2.75) is 13.8 Å². The van der Waals surface area contributed by atoms with Gasteiger partial charge in [-0.2, -0.15) is 0 Å². The van der Waals surface area contributed by atoms with Crippen LogP contribution in [0.2, 0.25) is 0 Å². The molecule has 0 bridgehead atoms. The average molecular weight is 156 g/mol. The Hall–Kier alpha value is -1.25. The Labute approximate surface area is 66.3 Å². The number of carbonyl (C=O) groups excluding carboxylic acids is 1. The molecule has 0 N–H and O–H groups in total. The van der Waals surface area contributed by atoms with Crippen molar-refractivity contribution >= 4 is 5.97 Å². The predicted octanol–water partition coefficient (Wildman–Crippen LogP) is 1.61. The van der Waals surface area contributed by atoms with E-state index in [9.17, 15) is 4.79 Å². The molecule has 0 rings (SSSR count). The van der Waals surface area contributed by atoms with Crippen molar-refractivity contribution in [3.05, 3.63) is 24.7 Å². The van der Waals surface area contributed by atoms with Gasteiger partial charge in [-0.15, -0.1) is 0 Å². The minimum absolute atomic E-state index is 0.190. The van der Waals surface area contributed by atoms with Crippen LogP contribution in [0.5, 0.6) is 0 Å². The van der Waals surface area contributed by atoms with E-state index in [0.29, 0.717) is 6.61 Å². The Bertz CT molecular complexity index is 170. The highest BCUT2D eigenvalue weighted by Crippen LogP contribution is 1.99. The van der Waals surface area contributed by atoms with E-state index < -0.39 is 5.97 Å². The van der Waals surface area contributed by atoms with E-state index in [1.807, 2.05) is 0 Å². The lowest BCUT2D eigenvalue weighted by molar-refractivity contribution is -0.142. The standard InChI is InChI=1S/C8H12O3/c1-4-6-8(10-5-2)11-7(3)9/h4,6H,1,5H2,2-3H3/b8-6-. The normalized spacial score (nSPS) is 10.5. The number of carbonyl (C=O) groups is 1. The SMILES string of the molecule is C=C/C=C(/OCC)OC(C)=O. The monoisotopic (exact) mass is 156 g/mol. The fourth-order valence-electron chi connectivity index (χ4n) is 0.492. The molecule has 0 aromatic heterocycles. The zero-order valence-corrected chi connectivity index (χ0v) is 6.79. The summed E-state index contributed by atoms with van der Waals surface area (Å²) in [5, 5.41) is 0. The molecular formula is C8H12O3. The maximum Gasteiger partial charge on any atom is 0.310 e. The summed E-state index contributed by atoms with van der Waals surface area (Å²) in [6, 6.07) is 0. The van der Waals surface area contributed by atoms with Gasteiger partial charge in [-0.05, 0) is 6.92 Å². The molecule has 3 heteroatoms. The molecule has 0 amide bonds. The lowest BCUT2D eigenvalue weighted by atomic mass is 10.6. The second-order valence-electron chi connectivity index (χ2n) is 1.75. The molecule has 0 spiro atoms. The van der Waals surface area contributed by atoms with Crippen LogP contribution in [0.3, 0.4) is 0 Å². The number of hydrogen-bond acceptors (Lipinski definition) is 3. The van der Waals surface area contributed by atoms with E-state index in [4.69, 9.17) is 4.74 Å². The zero-order valence-electron chi connectivity index (χ0n) is 6.79. The number of allylic oxidation sites excluding steroid dienone is 2. The van der Waals surface area contributed by atoms with Gasteiger partial charge in [0.25, 0.3) is 5.95 Å². The molecule has 0 aromatic carbocycles. The number of hydrogen-bond donors (Lipinski definition) is 0. The Kier molecular flexibility index (Phi) is 4.90. The molecule has 0 atom stereocenters.